The van der Waals surface area contributed by atoms with Crippen molar-refractivity contribution in [3.8, 4) is 0 Å². The molecule has 0 saturated carbocycles. The van der Waals surface area contributed by atoms with E-state index in [0.717, 1.165) is 5.56 Å². The van der Waals surface area contributed by atoms with Crippen LogP contribution in [0.2, 0.25) is 5.02 Å². The molecule has 0 fully saturated rings. The summed E-state index contributed by atoms with van der Waals surface area (Å²) in [5.41, 5.74) is 0.828. The third kappa shape index (κ3) is 4.88. The van der Waals surface area contributed by atoms with Gasteiger partial charge in [0.05, 0.1) is 30.5 Å². The van der Waals surface area contributed by atoms with E-state index in [2.05, 4.69) is 15.5 Å². The predicted octanol–water partition coefficient (Wildman–Crippen LogP) is 2.86. The highest BCUT2D eigenvalue weighted by Crippen LogP contribution is 2.20. The Balaban J connectivity index is 1.56. The van der Waals surface area contributed by atoms with Gasteiger partial charge >= 0.3 is 5.82 Å². The number of nitro groups is 1. The fourth-order valence-corrected chi connectivity index (χ4v) is 2.52. The molecule has 9 nitrogen and oxygen atoms in total. The van der Waals surface area contributed by atoms with Crippen molar-refractivity contribution in [2.75, 3.05) is 5.32 Å². The van der Waals surface area contributed by atoms with Crippen molar-refractivity contribution < 1.29 is 14.1 Å². The third-order valence-corrected chi connectivity index (χ3v) is 3.89. The number of amides is 1. The highest BCUT2D eigenvalue weighted by Gasteiger charge is 2.14. The van der Waals surface area contributed by atoms with Crippen LogP contribution in [0.25, 0.3) is 0 Å². The summed E-state index contributed by atoms with van der Waals surface area (Å²) in [6.07, 6.45) is 3.02. The molecule has 0 aliphatic rings. The zero-order valence-corrected chi connectivity index (χ0v) is 14.6. The predicted molar refractivity (Wildman–Crippen MR) is 94.9 cm³/mol. The topological polar surface area (TPSA) is 108 Å². The summed E-state index contributed by atoms with van der Waals surface area (Å²) in [4.78, 5) is 22.0. The van der Waals surface area contributed by atoms with Gasteiger partial charge < -0.3 is 15.4 Å². The molecule has 3 rings (SSSR count). The fraction of sp³-hybridized carbons (Fsp3) is 0.188. The summed E-state index contributed by atoms with van der Waals surface area (Å²) in [5.74, 6) is -0.761. The van der Waals surface area contributed by atoms with Crippen molar-refractivity contribution in [3.05, 3.63) is 69.2 Å². The summed E-state index contributed by atoms with van der Waals surface area (Å²) < 4.78 is 15.8. The first-order chi connectivity index (χ1) is 12.9. The highest BCUT2D eigenvalue weighted by atomic mass is 35.5. The van der Waals surface area contributed by atoms with Gasteiger partial charge in [-0.1, -0.05) is 23.7 Å². The van der Waals surface area contributed by atoms with E-state index in [1.807, 2.05) is 0 Å². The van der Waals surface area contributed by atoms with Crippen LogP contribution in [0.3, 0.4) is 0 Å². The molecule has 0 saturated heterocycles. The van der Waals surface area contributed by atoms with Crippen LogP contribution in [-0.4, -0.2) is 30.4 Å². The van der Waals surface area contributed by atoms with E-state index in [0.29, 0.717) is 6.54 Å². The third-order valence-electron chi connectivity index (χ3n) is 3.61. The molecular weight excluding hydrogens is 379 g/mol. The monoisotopic (exact) mass is 392 g/mol. The Labute approximate surface area is 157 Å². The molecule has 3 aromatic rings. The van der Waals surface area contributed by atoms with E-state index in [1.54, 1.807) is 18.3 Å². The molecule has 0 atom stereocenters. The Morgan fingerprint density at radius 3 is 2.63 bits per heavy atom. The minimum atomic E-state index is -0.607. The molecular formula is C16H14ClFN6O3. The first-order valence-corrected chi connectivity index (χ1v) is 8.23. The normalized spacial score (nSPS) is 10.7. The number of carbonyl (C=O) groups is 1. The highest BCUT2D eigenvalue weighted by molar-refractivity contribution is 6.33. The van der Waals surface area contributed by atoms with Crippen LogP contribution in [0.5, 0.6) is 0 Å². The zero-order chi connectivity index (χ0) is 19.4. The molecule has 11 heteroatoms. The summed E-state index contributed by atoms with van der Waals surface area (Å²) >= 11 is 6.09. The maximum atomic E-state index is 12.9. The smallest absolute Gasteiger partial charge is 0.358 e. The van der Waals surface area contributed by atoms with E-state index in [9.17, 15) is 19.3 Å². The number of carbonyl (C=O) groups excluding carboxylic acids is 1. The molecule has 2 heterocycles. The minimum absolute atomic E-state index is 0.0417. The Hall–Kier alpha value is -3.27. The lowest BCUT2D eigenvalue weighted by atomic mass is 10.2. The van der Waals surface area contributed by atoms with E-state index in [4.69, 9.17) is 11.6 Å². The van der Waals surface area contributed by atoms with Gasteiger partial charge in [-0.3, -0.25) is 9.48 Å². The Bertz CT molecular complexity index is 969. The largest absolute Gasteiger partial charge is 0.389 e. The lowest BCUT2D eigenvalue weighted by Crippen LogP contribution is -2.15. The standard InChI is InChI=1S/C16H14ClFN6O3/c17-13-10-23(9-11-1-3-12(18)4-2-11)21-16(13)19-15(25)6-8-22-7-5-14(20-22)24(26)27/h1-5,7,10H,6,8-9H2,(H,19,21,25). The van der Waals surface area contributed by atoms with Crippen molar-refractivity contribution in [3.63, 3.8) is 0 Å². The quantitative estimate of drug-likeness (QED) is 0.491. The van der Waals surface area contributed by atoms with Gasteiger partial charge in [0.2, 0.25) is 5.91 Å². The molecule has 140 valence electrons. The molecule has 1 aromatic carbocycles. The van der Waals surface area contributed by atoms with Gasteiger partial charge in [-0.2, -0.15) is 9.78 Å². The Morgan fingerprint density at radius 2 is 1.96 bits per heavy atom. The van der Waals surface area contributed by atoms with E-state index >= 15 is 0 Å². The van der Waals surface area contributed by atoms with Crippen molar-refractivity contribution in [2.24, 2.45) is 0 Å². The average molecular weight is 393 g/mol. The van der Waals surface area contributed by atoms with Crippen LogP contribution in [0.4, 0.5) is 16.0 Å². The van der Waals surface area contributed by atoms with E-state index in [1.165, 1.54) is 33.8 Å². The van der Waals surface area contributed by atoms with Gasteiger partial charge in [-0.25, -0.2) is 4.39 Å². The van der Waals surface area contributed by atoms with Crippen molar-refractivity contribution in [1.29, 1.82) is 0 Å². The average Bonchev–Trinajstić information content (AvgIpc) is 3.22. The van der Waals surface area contributed by atoms with Gasteiger partial charge in [-0.15, -0.1) is 0 Å². The number of hydrogen-bond acceptors (Lipinski definition) is 5. The number of aromatic nitrogens is 4. The van der Waals surface area contributed by atoms with Crippen LogP contribution in [-0.2, 0) is 17.9 Å². The van der Waals surface area contributed by atoms with E-state index in [-0.39, 0.29) is 41.3 Å². The Morgan fingerprint density at radius 1 is 1.22 bits per heavy atom. The molecule has 0 bridgehead atoms. The molecule has 1 amide bonds. The van der Waals surface area contributed by atoms with Gasteiger partial charge in [0.1, 0.15) is 10.8 Å². The summed E-state index contributed by atoms with van der Waals surface area (Å²) in [6.45, 7) is 0.542. The zero-order valence-electron chi connectivity index (χ0n) is 13.9. The SMILES string of the molecule is O=C(CCn1ccc([N+](=O)[O-])n1)Nc1nn(Cc2ccc(F)cc2)cc1Cl. The molecule has 27 heavy (non-hydrogen) atoms. The lowest BCUT2D eigenvalue weighted by Gasteiger charge is -2.03. The van der Waals surface area contributed by atoms with Crippen LogP contribution >= 0.6 is 11.6 Å². The molecule has 0 radical (unpaired) electrons. The number of nitrogens with zero attached hydrogens (tertiary/aromatic N) is 5. The Kier molecular flexibility index (Phi) is 5.46. The summed E-state index contributed by atoms with van der Waals surface area (Å²) in [7, 11) is 0. The molecule has 0 aliphatic heterocycles. The number of rotatable bonds is 7. The number of anilines is 1. The lowest BCUT2D eigenvalue weighted by molar-refractivity contribution is -0.389. The van der Waals surface area contributed by atoms with E-state index < -0.39 is 4.92 Å². The van der Waals surface area contributed by atoms with Crippen LogP contribution in [0.1, 0.15) is 12.0 Å². The number of hydrogen-bond donors (Lipinski definition) is 1. The van der Waals surface area contributed by atoms with Crippen LogP contribution in [0.15, 0.2) is 42.7 Å². The molecule has 0 aliphatic carbocycles. The number of aryl methyl sites for hydroxylation is 1. The fourth-order valence-electron chi connectivity index (χ4n) is 2.32. The van der Waals surface area contributed by atoms with Gasteiger partial charge in [0.15, 0.2) is 5.82 Å². The number of benzene rings is 1. The second kappa shape index (κ2) is 7.96. The van der Waals surface area contributed by atoms with Crippen LogP contribution in [0, 0.1) is 15.9 Å². The minimum Gasteiger partial charge on any atom is -0.358 e. The number of halogens is 2. The molecule has 0 unspecified atom stereocenters. The molecule has 1 N–H and O–H groups in total. The molecule has 2 aromatic heterocycles. The number of nitrogens with one attached hydrogen (secondary N) is 1. The van der Waals surface area contributed by atoms with Crippen molar-refractivity contribution in [2.45, 2.75) is 19.5 Å². The first-order valence-electron chi connectivity index (χ1n) is 7.86. The van der Waals surface area contributed by atoms with Crippen molar-refractivity contribution in [1.82, 2.24) is 19.6 Å². The second-order valence-electron chi connectivity index (χ2n) is 5.64. The maximum absolute atomic E-state index is 12.9. The van der Waals surface area contributed by atoms with Gasteiger partial charge in [-0.05, 0) is 22.6 Å². The summed E-state index contributed by atoms with van der Waals surface area (Å²) in [6, 6.07) is 7.22. The van der Waals surface area contributed by atoms with Gasteiger partial charge in [0, 0.05) is 12.6 Å². The van der Waals surface area contributed by atoms with Crippen molar-refractivity contribution >= 4 is 29.1 Å². The second-order valence-corrected chi connectivity index (χ2v) is 6.05. The van der Waals surface area contributed by atoms with Gasteiger partial charge in [0.25, 0.3) is 0 Å². The van der Waals surface area contributed by atoms with Crippen LogP contribution < -0.4 is 5.32 Å². The summed E-state index contributed by atoms with van der Waals surface area (Å²) in [5, 5.41) is 21.4. The first kappa shape index (κ1) is 18.5. The molecule has 0 spiro atoms. The maximum Gasteiger partial charge on any atom is 0.389 e.